The first-order valence-corrected chi connectivity index (χ1v) is 29.1. The fourth-order valence-corrected chi connectivity index (χ4v) is 8.89. The van der Waals surface area contributed by atoms with Crippen molar-refractivity contribution in [1.82, 2.24) is 25.2 Å². The van der Waals surface area contributed by atoms with Crippen LogP contribution in [0.15, 0.2) is 24.4 Å². The molecule has 0 spiro atoms. The Morgan fingerprint density at radius 2 is 1.56 bits per heavy atom. The van der Waals surface area contributed by atoms with E-state index in [-0.39, 0.29) is 30.3 Å². The van der Waals surface area contributed by atoms with Crippen molar-refractivity contribution < 1.29 is 59.1 Å². The van der Waals surface area contributed by atoms with Gasteiger partial charge in [-0.2, -0.15) is 0 Å². The first-order valence-electron chi connectivity index (χ1n) is 28.3. The zero-order chi connectivity index (χ0) is 61.8. The predicted molar refractivity (Wildman–Crippen MR) is 321 cm³/mol. The van der Waals surface area contributed by atoms with Gasteiger partial charge in [0.05, 0.1) is 57.8 Å². The van der Waals surface area contributed by atoms with E-state index in [1.165, 1.54) is 6.42 Å². The van der Waals surface area contributed by atoms with Crippen molar-refractivity contribution in [3.8, 4) is 12.8 Å². The predicted octanol–water partition coefficient (Wildman–Crippen LogP) is 9.78. The number of nitrogens with zero attached hydrogens (tertiary/aromatic N) is 4. The van der Waals surface area contributed by atoms with Gasteiger partial charge in [-0.3, -0.25) is 9.48 Å². The number of esters is 1. The molecule has 0 saturated carbocycles. The summed E-state index contributed by atoms with van der Waals surface area (Å²) in [5, 5.41) is 67.6. The van der Waals surface area contributed by atoms with Crippen LogP contribution in [0.4, 0.5) is 0 Å². The zero-order valence-corrected chi connectivity index (χ0v) is 53.9. The number of methoxy groups -OCH3 is 1. The molecule has 3 heterocycles. The number of hydrogen-bond acceptors (Lipinski definition) is 16. The Labute approximate surface area is 484 Å². The molecule has 0 amide bonds. The van der Waals surface area contributed by atoms with E-state index < -0.39 is 48.4 Å². The lowest BCUT2D eigenvalue weighted by molar-refractivity contribution is -0.246. The molecule has 1 aromatic carbocycles. The lowest BCUT2D eigenvalue weighted by Crippen LogP contribution is -2.47. The number of aromatic nitrogens is 3. The van der Waals surface area contributed by atoms with Crippen LogP contribution in [0.2, 0.25) is 10.0 Å². The molecule has 2 aliphatic rings. The summed E-state index contributed by atoms with van der Waals surface area (Å²) in [6.45, 7) is 33.5. The van der Waals surface area contributed by atoms with Crippen LogP contribution in [0.3, 0.4) is 0 Å². The van der Waals surface area contributed by atoms with Gasteiger partial charge >= 0.3 is 5.97 Å². The SMILES string of the molecule is C#C.CC.CC.CC.CCC.CN[C@H](C)[C@@H](O)[C@@H](O)COC(=O)[C@H](C)[C@@H](O[C@H]1C[C@@](C)(OC)CCO1)[C@H](C)C[C@](C)(O)CC(C)C.CO.CO.C[C@@H]1C[C@H](N(C)CCCc2cn(CCc3ccc(Cl)c(Cl)c3)nn2)C[C@H](O)O1. The van der Waals surface area contributed by atoms with Crippen LogP contribution >= 0.6 is 23.2 Å². The molecular weight excluding hydrogens is 1040 g/mol. The third-order valence-corrected chi connectivity index (χ3v) is 13.1. The number of benzene rings is 1. The highest BCUT2D eigenvalue weighted by Crippen LogP contribution is 2.35. The van der Waals surface area contributed by atoms with Crippen molar-refractivity contribution >= 4 is 29.2 Å². The maximum absolute atomic E-state index is 13.0. The number of aliphatic hydroxyl groups excluding tert-OH is 5. The minimum Gasteiger partial charge on any atom is -0.463 e. The van der Waals surface area contributed by atoms with Crippen LogP contribution in [0.1, 0.15) is 173 Å². The fraction of sp³-hybridized carbons (Fsp3) is 0.814. The van der Waals surface area contributed by atoms with E-state index in [0.717, 1.165) is 70.7 Å². The summed E-state index contributed by atoms with van der Waals surface area (Å²) in [5.74, 6) is -1.11. The lowest BCUT2D eigenvalue weighted by atomic mass is 9.81. The van der Waals surface area contributed by atoms with Crippen molar-refractivity contribution in [3.63, 3.8) is 0 Å². The van der Waals surface area contributed by atoms with Crippen LogP contribution in [-0.4, -0.2) is 172 Å². The molecule has 78 heavy (non-hydrogen) atoms. The number of aliphatic hydroxyl groups is 6. The Morgan fingerprint density at radius 1 is 0.987 bits per heavy atom. The number of hydrogen-bond donors (Lipinski definition) is 7. The molecule has 1 aromatic heterocycles. The van der Waals surface area contributed by atoms with Gasteiger partial charge in [0.1, 0.15) is 12.7 Å². The minimum absolute atomic E-state index is 0.103. The molecule has 0 radical (unpaired) electrons. The molecule has 0 aliphatic carbocycles. The number of halogens is 2. The van der Waals surface area contributed by atoms with E-state index in [2.05, 4.69) is 68.1 Å². The van der Waals surface area contributed by atoms with Crippen LogP contribution in [0, 0.1) is 30.6 Å². The Balaban J connectivity index is -0.000000370. The number of carbonyl (C=O) groups is 1. The second-order valence-electron chi connectivity index (χ2n) is 19.6. The maximum Gasteiger partial charge on any atom is 0.311 e. The fourth-order valence-electron chi connectivity index (χ4n) is 8.57. The maximum atomic E-state index is 13.0. The van der Waals surface area contributed by atoms with Gasteiger partial charge in [-0.15, -0.1) is 17.9 Å². The number of aryl methyl sites for hydroxylation is 3. The van der Waals surface area contributed by atoms with Gasteiger partial charge in [0.25, 0.3) is 0 Å². The summed E-state index contributed by atoms with van der Waals surface area (Å²) < 4.78 is 30.5. The highest BCUT2D eigenvalue weighted by atomic mass is 35.5. The van der Waals surface area contributed by atoms with Gasteiger partial charge < -0.3 is 64.5 Å². The third-order valence-electron chi connectivity index (χ3n) is 12.4. The quantitative estimate of drug-likeness (QED) is 0.0406. The average molecular weight is 1160 g/mol. The molecule has 462 valence electrons. The molecule has 19 heteroatoms. The van der Waals surface area contributed by atoms with E-state index in [1.807, 2.05) is 98.3 Å². The normalized spacial score (nSPS) is 21.3. The molecule has 2 saturated heterocycles. The molecule has 0 bridgehead atoms. The molecule has 2 aliphatic heterocycles. The monoisotopic (exact) mass is 1160 g/mol. The van der Waals surface area contributed by atoms with Crippen molar-refractivity contribution in [2.24, 2.45) is 17.8 Å². The Bertz CT molecular complexity index is 1700. The van der Waals surface area contributed by atoms with Crippen molar-refractivity contribution in [3.05, 3.63) is 45.7 Å². The standard InChI is InChI=1S/C26H51NO8.C20H28Cl2N4O2.C3H8.3C2H6.C2H2.2CH4O/c1-16(2)12-25(6,31)13-17(3)23(35-21-14-26(7,32-9)10-11-33-21)18(4)24(30)34-15-20(28)22(29)19(5)27-8;1-14-10-17(12-20(27)28-14)25(2)8-3-4-16-13-26(24-23-16)9-7-15-5-6-18(21)19(22)11-15;1-3-2;6*1-2/h16-23,27-29,31H,10-15H2,1-9H3;5-6,11,13-14,17,20,27H,3-4,7-10,12H2,1-2H3;3H2,1-2H3;3*1-2H3;1-2H;2*2H,1H3/t17-,18-,19-,20+,21+,22-,23+,25-,26+;14-,17+,20-;;;;;;;/m11......./s1. The highest BCUT2D eigenvalue weighted by Gasteiger charge is 2.41. The molecule has 4 rings (SSSR count). The van der Waals surface area contributed by atoms with Gasteiger partial charge in [0.2, 0.25) is 0 Å². The van der Waals surface area contributed by atoms with Crippen LogP contribution in [-0.2, 0) is 47.9 Å². The number of ether oxygens (including phenoxy) is 5. The van der Waals surface area contributed by atoms with Crippen molar-refractivity contribution in [1.29, 1.82) is 0 Å². The van der Waals surface area contributed by atoms with Gasteiger partial charge in [0.15, 0.2) is 12.6 Å². The summed E-state index contributed by atoms with van der Waals surface area (Å²) in [4.78, 5) is 15.3. The number of rotatable bonds is 23. The van der Waals surface area contributed by atoms with Crippen LogP contribution in [0.25, 0.3) is 0 Å². The van der Waals surface area contributed by atoms with Gasteiger partial charge in [-0.25, -0.2) is 0 Å². The molecule has 2 fully saturated rings. The van der Waals surface area contributed by atoms with Crippen LogP contribution in [0.5, 0.6) is 0 Å². The van der Waals surface area contributed by atoms with E-state index >= 15 is 0 Å². The van der Waals surface area contributed by atoms with E-state index in [4.69, 9.17) is 57.1 Å². The molecule has 7 N–H and O–H groups in total. The Hall–Kier alpha value is -2.51. The smallest absolute Gasteiger partial charge is 0.311 e. The largest absolute Gasteiger partial charge is 0.463 e. The first kappa shape index (κ1) is 84.3. The van der Waals surface area contributed by atoms with Crippen molar-refractivity contribution in [2.45, 2.75) is 242 Å². The average Bonchev–Trinajstić information content (AvgIpc) is 3.89. The summed E-state index contributed by atoms with van der Waals surface area (Å²) >= 11 is 12.0. The summed E-state index contributed by atoms with van der Waals surface area (Å²) in [7, 11) is 7.46. The van der Waals surface area contributed by atoms with E-state index in [0.29, 0.717) is 54.3 Å². The second kappa shape index (κ2) is 50.2. The minimum atomic E-state index is -1.22. The molecule has 0 unspecified atom stereocenters. The number of terminal acetylenes is 1. The number of carbonyl (C=O) groups excluding carboxylic acids is 1. The first-order chi connectivity index (χ1) is 37.0. The van der Waals surface area contributed by atoms with Gasteiger partial charge in [-0.05, 0) is 130 Å². The summed E-state index contributed by atoms with van der Waals surface area (Å²) in [5.41, 5.74) is 0.828. The van der Waals surface area contributed by atoms with Crippen molar-refractivity contribution in [2.75, 3.05) is 55.2 Å². The zero-order valence-electron chi connectivity index (χ0n) is 52.4. The molecule has 17 nitrogen and oxygen atoms in total. The topological polar surface area (TPSA) is 231 Å². The number of likely N-dealkylation sites (N-methyl/N-ethyl adjacent to an activating group) is 1. The third kappa shape index (κ3) is 36.8. The molecule has 2 aromatic rings. The second-order valence-corrected chi connectivity index (χ2v) is 20.4. The van der Waals surface area contributed by atoms with Gasteiger partial charge in [0, 0.05) is 59.0 Å². The summed E-state index contributed by atoms with van der Waals surface area (Å²) in [6, 6.07) is 5.70. The lowest BCUT2D eigenvalue weighted by Gasteiger charge is -2.41. The highest BCUT2D eigenvalue weighted by molar-refractivity contribution is 6.42. The number of nitrogens with one attached hydrogen (secondary N) is 1. The molecular formula is C59H115Cl2N5O12. The van der Waals surface area contributed by atoms with E-state index in [9.17, 15) is 25.2 Å². The van der Waals surface area contributed by atoms with Gasteiger partial charge in [-0.1, -0.05) is 117 Å². The summed E-state index contributed by atoms with van der Waals surface area (Å²) in [6.07, 6.45) is 13.9. The van der Waals surface area contributed by atoms with E-state index in [1.54, 1.807) is 28.0 Å². The van der Waals surface area contributed by atoms with Crippen LogP contribution < -0.4 is 5.32 Å². The Kier molecular flexibility index (Phi) is 54.3. The molecule has 12 atom stereocenters. The Morgan fingerprint density at radius 3 is 2.08 bits per heavy atom.